The smallest absolute Gasteiger partial charge is 0.303 e. The summed E-state index contributed by atoms with van der Waals surface area (Å²) in [5, 5.41) is 12.0. The van der Waals surface area contributed by atoms with Crippen molar-refractivity contribution in [1.82, 2.24) is 5.32 Å². The third kappa shape index (κ3) is 4.22. The minimum atomic E-state index is -0.774. The van der Waals surface area contributed by atoms with Crippen molar-refractivity contribution in [2.75, 3.05) is 6.54 Å². The molecule has 4 heteroatoms. The molecular weight excluding hydrogens is 242 g/mol. The zero-order valence-electron chi connectivity index (χ0n) is 11.6. The van der Waals surface area contributed by atoms with Gasteiger partial charge in [-0.2, -0.15) is 0 Å². The van der Waals surface area contributed by atoms with Crippen molar-refractivity contribution in [3.8, 4) is 0 Å². The summed E-state index contributed by atoms with van der Waals surface area (Å²) in [5.41, 5.74) is -0.271. The number of carbonyl (C=O) groups is 2. The molecule has 2 fully saturated rings. The van der Waals surface area contributed by atoms with Gasteiger partial charge in [-0.15, -0.1) is 0 Å². The molecule has 2 aliphatic carbocycles. The van der Waals surface area contributed by atoms with Crippen LogP contribution in [-0.4, -0.2) is 23.5 Å². The average Bonchev–Trinajstić information content (AvgIpc) is 2.69. The van der Waals surface area contributed by atoms with Crippen LogP contribution in [0.1, 0.15) is 64.2 Å². The highest BCUT2D eigenvalue weighted by Gasteiger charge is 2.37. The molecule has 19 heavy (non-hydrogen) atoms. The third-order valence-corrected chi connectivity index (χ3v) is 4.83. The van der Waals surface area contributed by atoms with Crippen LogP contribution in [0.15, 0.2) is 0 Å². The molecule has 1 amide bonds. The van der Waals surface area contributed by atoms with Gasteiger partial charge in [-0.25, -0.2) is 0 Å². The standard InChI is InChI=1S/C15H25NO3/c17-13(16-9-6-12-4-3-5-12)10-15(11-14(18)19)7-1-2-8-15/h12H,1-11H2,(H,16,17)(H,18,19). The van der Waals surface area contributed by atoms with Crippen molar-refractivity contribution in [3.05, 3.63) is 0 Å². The number of hydrogen-bond acceptors (Lipinski definition) is 2. The fraction of sp³-hybridized carbons (Fsp3) is 0.867. The summed E-state index contributed by atoms with van der Waals surface area (Å²) in [6, 6.07) is 0. The van der Waals surface area contributed by atoms with E-state index in [2.05, 4.69) is 5.32 Å². The number of aliphatic carboxylic acids is 1. The maximum absolute atomic E-state index is 12.0. The lowest BCUT2D eigenvalue weighted by molar-refractivity contribution is -0.140. The van der Waals surface area contributed by atoms with Crippen LogP contribution in [-0.2, 0) is 9.59 Å². The summed E-state index contributed by atoms with van der Waals surface area (Å²) in [6.07, 6.45) is 9.44. The van der Waals surface area contributed by atoms with E-state index in [0.717, 1.165) is 44.6 Å². The molecule has 0 aromatic carbocycles. The molecule has 4 nitrogen and oxygen atoms in total. The quantitative estimate of drug-likeness (QED) is 0.745. The fourth-order valence-corrected chi connectivity index (χ4v) is 3.46. The molecule has 0 bridgehead atoms. The largest absolute Gasteiger partial charge is 0.481 e. The summed E-state index contributed by atoms with van der Waals surface area (Å²) in [5.74, 6) is 0.0754. The fourth-order valence-electron chi connectivity index (χ4n) is 3.46. The van der Waals surface area contributed by atoms with E-state index in [9.17, 15) is 9.59 Å². The van der Waals surface area contributed by atoms with Crippen LogP contribution in [0.25, 0.3) is 0 Å². The Labute approximate surface area is 115 Å². The van der Waals surface area contributed by atoms with Gasteiger partial charge in [0.05, 0.1) is 6.42 Å². The molecule has 0 atom stereocenters. The average molecular weight is 267 g/mol. The molecule has 108 valence electrons. The summed E-state index contributed by atoms with van der Waals surface area (Å²) < 4.78 is 0. The molecule has 0 spiro atoms. The summed E-state index contributed by atoms with van der Waals surface area (Å²) in [4.78, 5) is 22.9. The van der Waals surface area contributed by atoms with Gasteiger partial charge in [-0.3, -0.25) is 9.59 Å². The van der Waals surface area contributed by atoms with E-state index in [1.165, 1.54) is 19.3 Å². The van der Waals surface area contributed by atoms with Gasteiger partial charge in [-0.1, -0.05) is 32.1 Å². The summed E-state index contributed by atoms with van der Waals surface area (Å²) >= 11 is 0. The minimum absolute atomic E-state index is 0.0440. The number of carbonyl (C=O) groups excluding carboxylic acids is 1. The van der Waals surface area contributed by atoms with E-state index >= 15 is 0 Å². The van der Waals surface area contributed by atoms with Crippen LogP contribution < -0.4 is 5.32 Å². The number of carboxylic acid groups (broad SMARTS) is 1. The highest BCUT2D eigenvalue weighted by atomic mass is 16.4. The maximum Gasteiger partial charge on any atom is 0.303 e. The van der Waals surface area contributed by atoms with Gasteiger partial charge >= 0.3 is 5.97 Å². The van der Waals surface area contributed by atoms with Gasteiger partial charge in [0, 0.05) is 13.0 Å². The lowest BCUT2D eigenvalue weighted by Crippen LogP contribution is -2.33. The molecule has 0 radical (unpaired) electrons. The first-order chi connectivity index (χ1) is 9.10. The van der Waals surface area contributed by atoms with Crippen molar-refractivity contribution in [3.63, 3.8) is 0 Å². The Morgan fingerprint density at radius 3 is 2.32 bits per heavy atom. The van der Waals surface area contributed by atoms with Crippen LogP contribution in [0.2, 0.25) is 0 Å². The molecule has 2 N–H and O–H groups in total. The predicted octanol–water partition coefficient (Wildman–Crippen LogP) is 2.72. The normalized spacial score (nSPS) is 21.9. The van der Waals surface area contributed by atoms with Crippen LogP contribution in [0.4, 0.5) is 0 Å². The van der Waals surface area contributed by atoms with Gasteiger partial charge in [0.2, 0.25) is 5.91 Å². The SMILES string of the molecule is O=C(O)CC1(CC(=O)NCCC2CCC2)CCCC1. The molecule has 2 aliphatic rings. The van der Waals surface area contributed by atoms with Crippen LogP contribution in [0.5, 0.6) is 0 Å². The number of hydrogen-bond donors (Lipinski definition) is 2. The third-order valence-electron chi connectivity index (χ3n) is 4.83. The molecule has 2 rings (SSSR count). The zero-order chi connectivity index (χ0) is 13.7. The Morgan fingerprint density at radius 1 is 1.11 bits per heavy atom. The van der Waals surface area contributed by atoms with Gasteiger partial charge in [0.25, 0.3) is 0 Å². The van der Waals surface area contributed by atoms with Crippen molar-refractivity contribution >= 4 is 11.9 Å². The maximum atomic E-state index is 12.0. The van der Waals surface area contributed by atoms with E-state index in [4.69, 9.17) is 5.11 Å². The van der Waals surface area contributed by atoms with Crippen LogP contribution in [0.3, 0.4) is 0 Å². The molecular formula is C15H25NO3. The van der Waals surface area contributed by atoms with E-state index in [1.54, 1.807) is 0 Å². The van der Waals surface area contributed by atoms with Crippen molar-refractivity contribution in [2.45, 2.75) is 64.2 Å². The monoisotopic (exact) mass is 267 g/mol. The highest BCUT2D eigenvalue weighted by Crippen LogP contribution is 2.44. The number of rotatable bonds is 7. The second-order valence-corrected chi connectivity index (χ2v) is 6.39. The second kappa shape index (κ2) is 6.40. The first kappa shape index (κ1) is 14.4. The van der Waals surface area contributed by atoms with E-state index in [-0.39, 0.29) is 17.7 Å². The van der Waals surface area contributed by atoms with E-state index in [0.29, 0.717) is 6.42 Å². The molecule has 0 saturated heterocycles. The van der Waals surface area contributed by atoms with Crippen molar-refractivity contribution in [1.29, 1.82) is 0 Å². The summed E-state index contributed by atoms with van der Waals surface area (Å²) in [7, 11) is 0. The Morgan fingerprint density at radius 2 is 1.79 bits per heavy atom. The van der Waals surface area contributed by atoms with Gasteiger partial charge in [0.1, 0.15) is 0 Å². The molecule has 0 unspecified atom stereocenters. The van der Waals surface area contributed by atoms with Crippen LogP contribution >= 0.6 is 0 Å². The van der Waals surface area contributed by atoms with Crippen LogP contribution in [0, 0.1) is 11.3 Å². The predicted molar refractivity (Wildman–Crippen MR) is 72.7 cm³/mol. The molecule has 2 saturated carbocycles. The molecule has 0 aromatic rings. The van der Waals surface area contributed by atoms with E-state index in [1.807, 2.05) is 0 Å². The molecule has 0 aliphatic heterocycles. The highest BCUT2D eigenvalue weighted by molar-refractivity contribution is 5.78. The first-order valence-electron chi connectivity index (χ1n) is 7.58. The lowest BCUT2D eigenvalue weighted by Gasteiger charge is -2.27. The van der Waals surface area contributed by atoms with Gasteiger partial charge in [0.15, 0.2) is 0 Å². The van der Waals surface area contributed by atoms with E-state index < -0.39 is 5.97 Å². The minimum Gasteiger partial charge on any atom is -0.481 e. The lowest BCUT2D eigenvalue weighted by atomic mass is 9.79. The van der Waals surface area contributed by atoms with Gasteiger partial charge < -0.3 is 10.4 Å². The van der Waals surface area contributed by atoms with Crippen molar-refractivity contribution in [2.24, 2.45) is 11.3 Å². The molecule has 0 aromatic heterocycles. The number of amides is 1. The first-order valence-corrected chi connectivity index (χ1v) is 7.58. The zero-order valence-corrected chi connectivity index (χ0v) is 11.6. The Hall–Kier alpha value is -1.06. The topological polar surface area (TPSA) is 66.4 Å². The summed E-state index contributed by atoms with van der Waals surface area (Å²) in [6.45, 7) is 0.757. The molecule has 0 heterocycles. The van der Waals surface area contributed by atoms with Gasteiger partial charge in [-0.05, 0) is 30.6 Å². The Kier molecular flexibility index (Phi) is 4.83. The van der Waals surface area contributed by atoms with Crippen molar-refractivity contribution < 1.29 is 14.7 Å². The number of carboxylic acids is 1. The second-order valence-electron chi connectivity index (χ2n) is 6.39. The number of nitrogens with one attached hydrogen (secondary N) is 1. The Balaban J connectivity index is 1.73. The Bertz CT molecular complexity index is 330.